The van der Waals surface area contributed by atoms with Gasteiger partial charge < -0.3 is 10.1 Å². The van der Waals surface area contributed by atoms with Gasteiger partial charge in [-0.2, -0.15) is 9.40 Å². The highest BCUT2D eigenvalue weighted by Gasteiger charge is 2.27. The summed E-state index contributed by atoms with van der Waals surface area (Å²) in [7, 11) is -3.63. The standard InChI is InChI=1S/C24H24N4O6S/c29-22(25-19-9-6-10-20(15-19)35(32,33)27-13-4-5-14-27)17-34-24(31)21-11-12-23(30)28(26-21)16-18-7-2-1-3-8-18/h1-3,6-12,15H,4-5,13-14,16-17H2,(H,25,29). The minimum absolute atomic E-state index is 0.0825. The molecule has 1 aliphatic heterocycles. The van der Waals surface area contributed by atoms with Crippen LogP contribution in [0.25, 0.3) is 0 Å². The molecule has 182 valence electrons. The molecule has 1 saturated heterocycles. The Hall–Kier alpha value is -3.83. The maximum absolute atomic E-state index is 12.7. The van der Waals surface area contributed by atoms with E-state index in [1.807, 2.05) is 30.3 Å². The Morgan fingerprint density at radius 1 is 0.971 bits per heavy atom. The molecule has 1 aromatic heterocycles. The lowest BCUT2D eigenvalue weighted by Gasteiger charge is -2.16. The van der Waals surface area contributed by atoms with E-state index in [9.17, 15) is 22.8 Å². The highest BCUT2D eigenvalue weighted by molar-refractivity contribution is 7.89. The molecule has 1 fully saturated rings. The van der Waals surface area contributed by atoms with Gasteiger partial charge >= 0.3 is 5.97 Å². The average molecular weight is 497 g/mol. The molecule has 3 aromatic rings. The molecule has 2 heterocycles. The van der Waals surface area contributed by atoms with Crippen molar-refractivity contribution >= 4 is 27.6 Å². The number of hydrogen-bond acceptors (Lipinski definition) is 7. The first kappa shape index (κ1) is 24.3. The van der Waals surface area contributed by atoms with Crippen molar-refractivity contribution in [2.75, 3.05) is 25.0 Å². The topological polar surface area (TPSA) is 128 Å². The quantitative estimate of drug-likeness (QED) is 0.472. The molecule has 0 aliphatic carbocycles. The summed E-state index contributed by atoms with van der Waals surface area (Å²) < 4.78 is 33.0. The van der Waals surface area contributed by atoms with Crippen LogP contribution in [0.4, 0.5) is 5.69 Å². The third kappa shape index (κ3) is 6.00. The van der Waals surface area contributed by atoms with Gasteiger partial charge in [0.2, 0.25) is 10.0 Å². The molecule has 10 nitrogen and oxygen atoms in total. The first-order valence-electron chi connectivity index (χ1n) is 11.0. The van der Waals surface area contributed by atoms with E-state index >= 15 is 0 Å². The fourth-order valence-corrected chi connectivity index (χ4v) is 5.20. The smallest absolute Gasteiger partial charge is 0.359 e. The summed E-state index contributed by atoms with van der Waals surface area (Å²) in [4.78, 5) is 36.9. The lowest BCUT2D eigenvalue weighted by atomic mass is 10.2. The number of sulfonamides is 1. The fraction of sp³-hybridized carbons (Fsp3) is 0.250. The van der Waals surface area contributed by atoms with Crippen molar-refractivity contribution in [1.29, 1.82) is 0 Å². The minimum Gasteiger partial charge on any atom is -0.451 e. The zero-order chi connectivity index (χ0) is 24.8. The van der Waals surface area contributed by atoms with E-state index in [0.29, 0.717) is 13.1 Å². The summed E-state index contributed by atoms with van der Waals surface area (Å²) in [6.45, 7) is 0.516. The molecule has 0 spiro atoms. The zero-order valence-electron chi connectivity index (χ0n) is 18.8. The SMILES string of the molecule is O=C(COC(=O)c1ccc(=O)n(Cc2ccccc2)n1)Nc1cccc(S(=O)(=O)N2CCCC2)c1. The maximum Gasteiger partial charge on any atom is 0.359 e. The largest absolute Gasteiger partial charge is 0.451 e. The van der Waals surface area contributed by atoms with Crippen molar-refractivity contribution in [2.24, 2.45) is 0 Å². The molecule has 1 amide bonds. The Kier molecular flexibility index (Phi) is 7.37. The van der Waals surface area contributed by atoms with Crippen LogP contribution in [0.1, 0.15) is 28.9 Å². The number of carbonyl (C=O) groups excluding carboxylic acids is 2. The average Bonchev–Trinajstić information content (AvgIpc) is 3.41. The number of benzene rings is 2. The van der Waals surface area contributed by atoms with Gasteiger partial charge in [-0.25, -0.2) is 17.9 Å². The fourth-order valence-electron chi connectivity index (χ4n) is 3.64. The van der Waals surface area contributed by atoms with Crippen molar-refractivity contribution in [3.63, 3.8) is 0 Å². The van der Waals surface area contributed by atoms with E-state index in [2.05, 4.69) is 10.4 Å². The number of hydrogen-bond donors (Lipinski definition) is 1. The molecule has 0 unspecified atom stereocenters. The molecule has 0 radical (unpaired) electrons. The van der Waals surface area contributed by atoms with E-state index < -0.39 is 28.5 Å². The number of rotatable bonds is 8. The van der Waals surface area contributed by atoms with Crippen LogP contribution in [0.5, 0.6) is 0 Å². The predicted molar refractivity (Wildman–Crippen MR) is 127 cm³/mol. The second-order valence-corrected chi connectivity index (χ2v) is 9.90. The van der Waals surface area contributed by atoms with Crippen LogP contribution in [-0.4, -0.2) is 54.1 Å². The lowest BCUT2D eigenvalue weighted by Crippen LogP contribution is -2.28. The van der Waals surface area contributed by atoms with Crippen LogP contribution in [-0.2, 0) is 26.1 Å². The molecular weight excluding hydrogens is 472 g/mol. The van der Waals surface area contributed by atoms with Gasteiger partial charge in [0.1, 0.15) is 0 Å². The number of nitrogens with zero attached hydrogens (tertiary/aromatic N) is 3. The maximum atomic E-state index is 12.7. The summed E-state index contributed by atoms with van der Waals surface area (Å²) in [6, 6.07) is 17.5. The van der Waals surface area contributed by atoms with E-state index in [1.165, 1.54) is 34.6 Å². The number of ether oxygens (including phenoxy) is 1. The Balaban J connectivity index is 1.36. The van der Waals surface area contributed by atoms with Crippen LogP contribution in [0.15, 0.2) is 76.4 Å². The van der Waals surface area contributed by atoms with Crippen LogP contribution >= 0.6 is 0 Å². The van der Waals surface area contributed by atoms with Crippen LogP contribution in [0.3, 0.4) is 0 Å². The molecule has 4 rings (SSSR count). The zero-order valence-corrected chi connectivity index (χ0v) is 19.6. The van der Waals surface area contributed by atoms with Crippen LogP contribution < -0.4 is 10.9 Å². The predicted octanol–water partition coefficient (Wildman–Crippen LogP) is 1.87. The monoisotopic (exact) mass is 496 g/mol. The van der Waals surface area contributed by atoms with Crippen molar-refractivity contribution in [3.8, 4) is 0 Å². The molecule has 2 aromatic carbocycles. The number of nitrogens with one attached hydrogen (secondary N) is 1. The van der Waals surface area contributed by atoms with Gasteiger partial charge in [-0.3, -0.25) is 9.59 Å². The summed E-state index contributed by atoms with van der Waals surface area (Å²) in [5.41, 5.74) is 0.598. The van der Waals surface area contributed by atoms with Gasteiger partial charge in [-0.1, -0.05) is 36.4 Å². The summed E-state index contributed by atoms with van der Waals surface area (Å²) in [5.74, 6) is -1.51. The highest BCUT2D eigenvalue weighted by Crippen LogP contribution is 2.23. The first-order valence-corrected chi connectivity index (χ1v) is 12.5. The van der Waals surface area contributed by atoms with Gasteiger partial charge in [-0.15, -0.1) is 0 Å². The molecular formula is C24H24N4O6S. The van der Waals surface area contributed by atoms with Crippen LogP contribution in [0, 0.1) is 0 Å². The third-order valence-electron chi connectivity index (χ3n) is 5.41. The molecule has 11 heteroatoms. The summed E-state index contributed by atoms with van der Waals surface area (Å²) in [6.07, 6.45) is 1.64. The summed E-state index contributed by atoms with van der Waals surface area (Å²) in [5, 5.41) is 6.56. The molecule has 1 N–H and O–H groups in total. The first-order chi connectivity index (χ1) is 16.8. The number of esters is 1. The van der Waals surface area contributed by atoms with Gasteiger partial charge in [0.15, 0.2) is 12.3 Å². The Morgan fingerprint density at radius 3 is 2.46 bits per heavy atom. The third-order valence-corrected chi connectivity index (χ3v) is 7.30. The lowest BCUT2D eigenvalue weighted by molar-refractivity contribution is -0.119. The Bertz CT molecular complexity index is 1380. The summed E-state index contributed by atoms with van der Waals surface area (Å²) >= 11 is 0. The molecule has 0 saturated carbocycles. The van der Waals surface area contributed by atoms with Gasteiger partial charge in [0.05, 0.1) is 11.4 Å². The number of anilines is 1. The Morgan fingerprint density at radius 2 is 1.71 bits per heavy atom. The molecule has 0 bridgehead atoms. The van der Waals surface area contributed by atoms with Gasteiger partial charge in [0.25, 0.3) is 11.5 Å². The van der Waals surface area contributed by atoms with E-state index in [-0.39, 0.29) is 28.4 Å². The van der Waals surface area contributed by atoms with Crippen molar-refractivity contribution < 1.29 is 22.7 Å². The Labute approximate surface area is 202 Å². The van der Waals surface area contributed by atoms with E-state index in [1.54, 1.807) is 6.07 Å². The van der Waals surface area contributed by atoms with Crippen molar-refractivity contribution in [3.05, 3.63) is 88.3 Å². The highest BCUT2D eigenvalue weighted by atomic mass is 32.2. The van der Waals surface area contributed by atoms with Crippen LogP contribution in [0.2, 0.25) is 0 Å². The van der Waals surface area contributed by atoms with Crippen molar-refractivity contribution in [1.82, 2.24) is 14.1 Å². The second-order valence-electron chi connectivity index (χ2n) is 7.96. The number of amides is 1. The number of aromatic nitrogens is 2. The van der Waals surface area contributed by atoms with Gasteiger partial charge in [-0.05, 0) is 42.7 Å². The number of carbonyl (C=O) groups is 2. The molecule has 0 atom stereocenters. The minimum atomic E-state index is -3.63. The van der Waals surface area contributed by atoms with E-state index in [4.69, 9.17) is 4.74 Å². The van der Waals surface area contributed by atoms with Gasteiger partial charge in [0, 0.05) is 24.8 Å². The molecule has 35 heavy (non-hydrogen) atoms. The van der Waals surface area contributed by atoms with Crippen molar-refractivity contribution in [2.45, 2.75) is 24.3 Å². The van der Waals surface area contributed by atoms with E-state index in [0.717, 1.165) is 23.1 Å². The second kappa shape index (κ2) is 10.6. The normalized spacial score (nSPS) is 13.9. The molecule has 1 aliphatic rings.